The highest BCUT2D eigenvalue weighted by molar-refractivity contribution is 5.83. The lowest BCUT2D eigenvalue weighted by atomic mass is 10.2. The fourth-order valence-electron chi connectivity index (χ4n) is 1.24. The molecule has 1 rings (SSSR count). The van der Waals surface area contributed by atoms with Gasteiger partial charge in [-0.3, -0.25) is 0 Å². The molecule has 5 heteroatoms. The number of hydrogen-bond donors (Lipinski definition) is 2. The average molecular weight is 224 g/mol. The Hall–Kier alpha value is -1.62. The Labute approximate surface area is 94.4 Å². The van der Waals surface area contributed by atoms with E-state index >= 15 is 0 Å². The van der Waals surface area contributed by atoms with Crippen molar-refractivity contribution in [3.63, 3.8) is 0 Å². The van der Waals surface area contributed by atoms with Crippen molar-refractivity contribution in [1.82, 2.24) is 0 Å². The molecule has 0 atom stereocenters. The van der Waals surface area contributed by atoms with Gasteiger partial charge in [0.05, 0.1) is 25.7 Å². The second-order valence-corrected chi connectivity index (χ2v) is 3.44. The number of aromatic nitrogens is 1. The topological polar surface area (TPSA) is 80.2 Å². The van der Waals surface area contributed by atoms with Gasteiger partial charge in [0, 0.05) is 11.8 Å². The summed E-state index contributed by atoms with van der Waals surface area (Å²) >= 11 is 0. The molecule has 5 nitrogen and oxygen atoms in total. The molecule has 0 bridgehead atoms. The van der Waals surface area contributed by atoms with Gasteiger partial charge in [0.1, 0.15) is 0 Å². The van der Waals surface area contributed by atoms with Crippen LogP contribution in [0.1, 0.15) is 19.0 Å². The third kappa shape index (κ3) is 3.20. The van der Waals surface area contributed by atoms with Gasteiger partial charge in [0.15, 0.2) is 0 Å². The highest BCUT2D eigenvalue weighted by atomic mass is 16.5. The van der Waals surface area contributed by atoms with E-state index in [1.165, 1.54) is 0 Å². The number of ether oxygens (including phenoxy) is 1. The molecule has 1 heterocycles. The van der Waals surface area contributed by atoms with Crippen LogP contribution in [0.15, 0.2) is 18.2 Å². The minimum Gasteiger partial charge on any atom is -0.616 e. The molecule has 0 fully saturated rings. The van der Waals surface area contributed by atoms with Crippen LogP contribution in [0.25, 0.3) is 0 Å². The molecule has 1 aromatic rings. The van der Waals surface area contributed by atoms with Gasteiger partial charge < -0.3 is 20.5 Å². The molecule has 0 aromatic carbocycles. The van der Waals surface area contributed by atoms with E-state index in [9.17, 15) is 5.21 Å². The molecule has 0 saturated carbocycles. The lowest BCUT2D eigenvalue weighted by molar-refractivity contribution is -0.620. The van der Waals surface area contributed by atoms with E-state index in [0.717, 1.165) is 6.42 Å². The largest absolute Gasteiger partial charge is 0.616 e. The molecule has 1 aromatic heterocycles. The number of aliphatic hydroxyl groups excluding tert-OH is 1. The second-order valence-electron chi connectivity index (χ2n) is 3.44. The minimum atomic E-state index is -0.333. The predicted octanol–water partition coefficient (Wildman–Crippen LogP) is 0.663. The predicted molar refractivity (Wildman–Crippen MR) is 59.7 cm³/mol. The first-order valence-electron chi connectivity index (χ1n) is 5.20. The Balaban J connectivity index is 2.81. The fourth-order valence-corrected chi connectivity index (χ4v) is 1.24. The molecule has 0 amide bonds. The van der Waals surface area contributed by atoms with Crippen LogP contribution in [0.5, 0.6) is 5.88 Å². The summed E-state index contributed by atoms with van der Waals surface area (Å²) in [6, 6.07) is 4.92. The van der Waals surface area contributed by atoms with Crippen LogP contribution in [0.3, 0.4) is 0 Å². The van der Waals surface area contributed by atoms with Crippen molar-refractivity contribution in [3.05, 3.63) is 29.1 Å². The molecule has 0 unspecified atom stereocenters. The highest BCUT2D eigenvalue weighted by Gasteiger charge is 2.13. The average Bonchev–Trinajstić information content (AvgIpc) is 2.30. The Kier molecular flexibility index (Phi) is 4.72. The number of rotatable bonds is 6. The number of hydrogen-bond acceptors (Lipinski definition) is 4. The van der Waals surface area contributed by atoms with Crippen molar-refractivity contribution in [3.8, 4) is 5.88 Å². The summed E-state index contributed by atoms with van der Waals surface area (Å²) in [6.45, 7) is 2.11. The fraction of sp³-hybridized carbons (Fsp3) is 0.455. The number of aliphatic hydroxyl groups is 1. The molecule has 2 N–H and O–H groups in total. The Morgan fingerprint density at radius 3 is 2.94 bits per heavy atom. The van der Waals surface area contributed by atoms with Crippen molar-refractivity contribution in [1.29, 1.82) is 5.41 Å². The Morgan fingerprint density at radius 1 is 1.56 bits per heavy atom. The van der Waals surface area contributed by atoms with Crippen LogP contribution in [0.2, 0.25) is 0 Å². The summed E-state index contributed by atoms with van der Waals surface area (Å²) in [5, 5.41) is 27.8. The first-order valence-corrected chi connectivity index (χ1v) is 5.20. The lowest BCUT2D eigenvalue weighted by Crippen LogP contribution is -2.35. The van der Waals surface area contributed by atoms with Crippen molar-refractivity contribution in [2.24, 2.45) is 0 Å². The van der Waals surface area contributed by atoms with Crippen LogP contribution < -0.4 is 9.47 Å². The van der Waals surface area contributed by atoms with Gasteiger partial charge in [-0.2, -0.15) is 0 Å². The summed E-state index contributed by atoms with van der Waals surface area (Å²) < 4.78 is 5.93. The van der Waals surface area contributed by atoms with Gasteiger partial charge in [-0.15, -0.1) is 4.73 Å². The van der Waals surface area contributed by atoms with Gasteiger partial charge >= 0.3 is 5.88 Å². The SMILES string of the molecule is CCCOc1cccc(CC(=N)CO)[n+]1[O-]. The highest BCUT2D eigenvalue weighted by Crippen LogP contribution is 2.06. The van der Waals surface area contributed by atoms with E-state index in [2.05, 4.69) is 0 Å². The van der Waals surface area contributed by atoms with Crippen molar-refractivity contribution < 1.29 is 14.6 Å². The quantitative estimate of drug-likeness (QED) is 0.423. The minimum absolute atomic E-state index is 0.109. The molecule has 0 aliphatic heterocycles. The lowest BCUT2D eigenvalue weighted by Gasteiger charge is -2.09. The molecule has 0 saturated heterocycles. The van der Waals surface area contributed by atoms with E-state index in [1.54, 1.807) is 18.2 Å². The molecule has 16 heavy (non-hydrogen) atoms. The second kappa shape index (κ2) is 6.07. The van der Waals surface area contributed by atoms with E-state index in [4.69, 9.17) is 15.3 Å². The summed E-state index contributed by atoms with van der Waals surface area (Å²) in [5.74, 6) is 0.241. The molecule has 0 radical (unpaired) electrons. The van der Waals surface area contributed by atoms with Crippen molar-refractivity contribution in [2.45, 2.75) is 19.8 Å². The zero-order valence-electron chi connectivity index (χ0n) is 9.27. The molecule has 88 valence electrons. The summed E-state index contributed by atoms with van der Waals surface area (Å²) in [7, 11) is 0. The standard InChI is InChI=1S/C11H16N2O3/c1-2-6-16-11-5-3-4-10(13(11)15)7-9(12)8-14/h3-5,12,14H,2,6-8H2,1H3. The van der Waals surface area contributed by atoms with Gasteiger partial charge in [0.2, 0.25) is 5.69 Å². The van der Waals surface area contributed by atoms with E-state index < -0.39 is 0 Å². The third-order valence-corrected chi connectivity index (χ3v) is 2.03. The van der Waals surface area contributed by atoms with Crippen molar-refractivity contribution >= 4 is 5.71 Å². The smallest absolute Gasteiger partial charge is 0.379 e. The maximum Gasteiger partial charge on any atom is 0.379 e. The van der Waals surface area contributed by atoms with E-state index in [0.29, 0.717) is 17.0 Å². The molecule has 0 aliphatic carbocycles. The molecular formula is C11H16N2O3. The van der Waals surface area contributed by atoms with Crippen LogP contribution in [0, 0.1) is 10.6 Å². The molecular weight excluding hydrogens is 208 g/mol. The monoisotopic (exact) mass is 224 g/mol. The van der Waals surface area contributed by atoms with Gasteiger partial charge in [-0.1, -0.05) is 6.92 Å². The van der Waals surface area contributed by atoms with Gasteiger partial charge in [-0.05, 0) is 12.5 Å². The maximum atomic E-state index is 11.7. The van der Waals surface area contributed by atoms with Crippen LogP contribution in [0.4, 0.5) is 0 Å². The van der Waals surface area contributed by atoms with Gasteiger partial charge in [0.25, 0.3) is 0 Å². The molecule has 0 spiro atoms. The number of nitrogens with zero attached hydrogens (tertiary/aromatic N) is 1. The van der Waals surface area contributed by atoms with Crippen LogP contribution in [-0.2, 0) is 6.42 Å². The Morgan fingerprint density at radius 2 is 2.31 bits per heavy atom. The first-order chi connectivity index (χ1) is 7.69. The number of pyridine rings is 1. The van der Waals surface area contributed by atoms with Crippen LogP contribution in [-0.4, -0.2) is 24.0 Å². The zero-order valence-corrected chi connectivity index (χ0v) is 9.27. The third-order valence-electron chi connectivity index (χ3n) is 2.03. The summed E-state index contributed by atoms with van der Waals surface area (Å²) in [4.78, 5) is 0. The van der Waals surface area contributed by atoms with E-state index in [-0.39, 0.29) is 24.6 Å². The summed E-state index contributed by atoms with van der Waals surface area (Å²) in [6.07, 6.45) is 0.972. The first kappa shape index (κ1) is 12.4. The summed E-state index contributed by atoms with van der Waals surface area (Å²) in [5.41, 5.74) is 0.518. The maximum absolute atomic E-state index is 11.7. The number of nitrogens with one attached hydrogen (secondary N) is 1. The normalized spacial score (nSPS) is 10.1. The molecule has 0 aliphatic rings. The van der Waals surface area contributed by atoms with Crippen LogP contribution >= 0.6 is 0 Å². The van der Waals surface area contributed by atoms with Gasteiger partial charge in [-0.25, -0.2) is 0 Å². The van der Waals surface area contributed by atoms with Crippen molar-refractivity contribution in [2.75, 3.05) is 13.2 Å². The zero-order chi connectivity index (χ0) is 12.0. The Bertz CT molecular complexity index is 366. The van der Waals surface area contributed by atoms with E-state index in [1.807, 2.05) is 6.92 Å².